The van der Waals surface area contributed by atoms with Gasteiger partial charge in [-0.25, -0.2) is 0 Å². The fourth-order valence-corrected chi connectivity index (χ4v) is 4.31. The average Bonchev–Trinajstić information content (AvgIpc) is 2.66. The smallest absolute Gasteiger partial charge is 0.225 e. The number of rotatable bonds is 8. The van der Waals surface area contributed by atoms with Gasteiger partial charge in [0.05, 0.1) is 18.6 Å². The zero-order valence-electron chi connectivity index (χ0n) is 15.9. The summed E-state index contributed by atoms with van der Waals surface area (Å²) < 4.78 is 0. The summed E-state index contributed by atoms with van der Waals surface area (Å²) in [5.41, 5.74) is 2.24. The van der Waals surface area contributed by atoms with Crippen molar-refractivity contribution in [2.45, 2.75) is 76.4 Å². The van der Waals surface area contributed by atoms with Crippen molar-refractivity contribution >= 4 is 5.91 Å². The molecule has 1 heterocycles. The number of hydrogen-bond acceptors (Lipinski definition) is 2. The van der Waals surface area contributed by atoms with Crippen LogP contribution >= 0.6 is 0 Å². The van der Waals surface area contributed by atoms with Crippen LogP contribution in [-0.2, 0) is 37.5 Å². The van der Waals surface area contributed by atoms with E-state index in [4.69, 9.17) is 0 Å². The Morgan fingerprint density at radius 1 is 1.08 bits per heavy atom. The number of aliphatic hydroxyl groups is 1. The molecular formula is C22H32NO2Y-. The number of likely N-dealkylation sites (tertiary alicyclic amines) is 1. The van der Waals surface area contributed by atoms with Gasteiger partial charge in [-0.05, 0) is 36.3 Å². The second-order valence-electron chi connectivity index (χ2n) is 7.73. The van der Waals surface area contributed by atoms with Crippen LogP contribution in [0.5, 0.6) is 0 Å². The van der Waals surface area contributed by atoms with Crippen LogP contribution in [0.25, 0.3) is 0 Å². The Morgan fingerprint density at radius 2 is 1.77 bits per heavy atom. The molecule has 3 rings (SSSR count). The van der Waals surface area contributed by atoms with Crippen molar-refractivity contribution in [3.63, 3.8) is 0 Å². The van der Waals surface area contributed by atoms with Gasteiger partial charge in [-0.3, -0.25) is 4.79 Å². The van der Waals surface area contributed by atoms with Gasteiger partial charge in [-0.2, -0.15) is 6.42 Å². The monoisotopic (exact) mass is 431 g/mol. The summed E-state index contributed by atoms with van der Waals surface area (Å²) in [5, 5.41) is 10.6. The molecule has 0 aromatic heterocycles. The van der Waals surface area contributed by atoms with Crippen molar-refractivity contribution in [2.75, 3.05) is 6.54 Å². The van der Waals surface area contributed by atoms with Gasteiger partial charge in [0.15, 0.2) is 0 Å². The minimum Gasteiger partial charge on any atom is -0.388 e. The minimum absolute atomic E-state index is 0. The zero-order valence-corrected chi connectivity index (χ0v) is 18.7. The maximum Gasteiger partial charge on any atom is 0.225 e. The number of hydrogen-bond donors (Lipinski definition) is 1. The number of β-lactam (4-membered cyclic amide) rings is 1. The molecular weight excluding hydrogens is 399 g/mol. The maximum absolute atomic E-state index is 11.9. The normalized spacial score (nSPS) is 21.8. The quantitative estimate of drug-likeness (QED) is 0.359. The second-order valence-corrected chi connectivity index (χ2v) is 7.73. The molecule has 1 saturated heterocycles. The van der Waals surface area contributed by atoms with Gasteiger partial charge in [0.2, 0.25) is 5.91 Å². The van der Waals surface area contributed by atoms with Gasteiger partial charge in [-0.1, -0.05) is 56.4 Å². The van der Waals surface area contributed by atoms with E-state index in [9.17, 15) is 9.90 Å². The zero-order chi connectivity index (χ0) is 17.6. The second kappa shape index (κ2) is 10.9. The predicted molar refractivity (Wildman–Crippen MR) is 101 cm³/mol. The van der Waals surface area contributed by atoms with Crippen molar-refractivity contribution in [3.8, 4) is 0 Å². The van der Waals surface area contributed by atoms with E-state index in [0.29, 0.717) is 12.3 Å². The first-order chi connectivity index (χ1) is 12.2. The van der Waals surface area contributed by atoms with Crippen molar-refractivity contribution in [3.05, 3.63) is 42.3 Å². The van der Waals surface area contributed by atoms with Crippen LogP contribution in [0.1, 0.15) is 87.5 Å². The molecule has 4 heteroatoms. The Hall–Kier alpha value is -0.246. The number of amides is 1. The van der Waals surface area contributed by atoms with E-state index >= 15 is 0 Å². The van der Waals surface area contributed by atoms with E-state index < -0.39 is 0 Å². The van der Waals surface area contributed by atoms with Gasteiger partial charge in [-0.15, -0.1) is 0 Å². The molecule has 1 aliphatic heterocycles. The summed E-state index contributed by atoms with van der Waals surface area (Å²) in [6.07, 6.45) is 10.7. The first-order valence-electron chi connectivity index (χ1n) is 10.1. The van der Waals surface area contributed by atoms with Gasteiger partial charge < -0.3 is 16.9 Å². The molecule has 2 aliphatic rings. The molecule has 1 amide bonds. The molecule has 1 unspecified atom stereocenters. The molecule has 0 spiro atoms. The van der Waals surface area contributed by atoms with Crippen LogP contribution in [0.4, 0.5) is 0 Å². The molecule has 1 N–H and O–H groups in total. The van der Waals surface area contributed by atoms with E-state index in [-0.39, 0.29) is 50.8 Å². The van der Waals surface area contributed by atoms with E-state index in [0.717, 1.165) is 50.6 Å². The Bertz CT molecular complexity index is 554. The molecule has 26 heavy (non-hydrogen) atoms. The third-order valence-corrected chi connectivity index (χ3v) is 5.97. The topological polar surface area (TPSA) is 40.5 Å². The summed E-state index contributed by atoms with van der Waals surface area (Å²) in [6, 6.07) is 8.59. The fourth-order valence-electron chi connectivity index (χ4n) is 4.31. The van der Waals surface area contributed by atoms with Crippen molar-refractivity contribution in [1.82, 2.24) is 4.90 Å². The Labute approximate surface area is 183 Å². The number of nitrogens with zero attached hydrogens (tertiary/aromatic N) is 1. The Kier molecular flexibility index (Phi) is 9.27. The SMILES string of the molecule is [CH2-]CCCCCN1C(=O)C[C@@H]1c1ccc(C(O)C2CCCCC2)cc1.[Y]. The van der Waals surface area contributed by atoms with E-state index in [2.05, 4.69) is 31.2 Å². The molecule has 141 valence electrons. The number of unbranched alkanes of at least 4 members (excludes halogenated alkanes) is 3. The summed E-state index contributed by atoms with van der Waals surface area (Å²) in [6.45, 7) is 4.73. The maximum atomic E-state index is 11.9. The Balaban J connectivity index is 0.00000243. The number of benzene rings is 1. The third kappa shape index (κ3) is 5.39. The first-order valence-corrected chi connectivity index (χ1v) is 10.1. The van der Waals surface area contributed by atoms with Gasteiger partial charge >= 0.3 is 0 Å². The summed E-state index contributed by atoms with van der Waals surface area (Å²) in [7, 11) is 0. The number of carbonyl (C=O) groups is 1. The summed E-state index contributed by atoms with van der Waals surface area (Å²) >= 11 is 0. The minimum atomic E-state index is -0.337. The van der Waals surface area contributed by atoms with Crippen LogP contribution in [0.3, 0.4) is 0 Å². The molecule has 1 saturated carbocycles. The van der Waals surface area contributed by atoms with Gasteiger partial charge in [0.25, 0.3) is 0 Å². The predicted octanol–water partition coefficient (Wildman–Crippen LogP) is 4.97. The van der Waals surface area contributed by atoms with Crippen LogP contribution in [-0.4, -0.2) is 22.5 Å². The molecule has 1 aromatic carbocycles. The van der Waals surface area contributed by atoms with E-state index in [1.807, 2.05) is 4.90 Å². The van der Waals surface area contributed by atoms with E-state index in [1.165, 1.54) is 24.8 Å². The van der Waals surface area contributed by atoms with Gasteiger partial charge in [0, 0.05) is 39.3 Å². The molecule has 2 fully saturated rings. The van der Waals surface area contributed by atoms with Crippen LogP contribution in [0.2, 0.25) is 0 Å². The van der Waals surface area contributed by atoms with Crippen LogP contribution in [0, 0.1) is 12.8 Å². The number of aliphatic hydroxyl groups excluding tert-OH is 1. The molecule has 0 bridgehead atoms. The number of carbonyl (C=O) groups excluding carboxylic acids is 1. The molecule has 2 atom stereocenters. The average molecular weight is 431 g/mol. The van der Waals surface area contributed by atoms with Gasteiger partial charge in [0.1, 0.15) is 0 Å². The summed E-state index contributed by atoms with van der Waals surface area (Å²) in [5.74, 6) is 0.681. The molecule has 1 aliphatic carbocycles. The van der Waals surface area contributed by atoms with Crippen LogP contribution in [0.15, 0.2) is 24.3 Å². The third-order valence-electron chi connectivity index (χ3n) is 5.97. The largest absolute Gasteiger partial charge is 0.388 e. The first kappa shape index (κ1) is 22.0. The van der Waals surface area contributed by atoms with Crippen molar-refractivity contribution < 1.29 is 42.6 Å². The summed E-state index contributed by atoms with van der Waals surface area (Å²) in [4.78, 5) is 13.9. The molecule has 1 radical (unpaired) electrons. The standard InChI is InChI=1S/C22H32NO2.Y/c1-2-3-4-8-15-23-20(16-21(23)24)17-11-13-19(14-12-17)22(25)18-9-6-5-7-10-18;/h11-14,18,20,22,25H,1-10,15-16H2;/q-1;/t20-,22?;/m1./s1. The van der Waals surface area contributed by atoms with Crippen LogP contribution < -0.4 is 0 Å². The molecule has 3 nitrogen and oxygen atoms in total. The fraction of sp³-hybridized carbons (Fsp3) is 0.636. The van der Waals surface area contributed by atoms with E-state index in [1.54, 1.807) is 0 Å². The molecule has 1 aromatic rings. The Morgan fingerprint density at radius 3 is 2.38 bits per heavy atom. The van der Waals surface area contributed by atoms with Crippen molar-refractivity contribution in [1.29, 1.82) is 0 Å². The van der Waals surface area contributed by atoms with Crippen molar-refractivity contribution in [2.24, 2.45) is 5.92 Å².